The Hall–Kier alpha value is -1.79. The van der Waals surface area contributed by atoms with Gasteiger partial charge in [-0.25, -0.2) is 15.0 Å². The molecule has 126 valence electrons. The lowest BCUT2D eigenvalue weighted by molar-refractivity contribution is 0.425. The molecule has 0 amide bonds. The van der Waals surface area contributed by atoms with Crippen LogP contribution in [-0.4, -0.2) is 47.0 Å². The lowest BCUT2D eigenvalue weighted by Gasteiger charge is -2.18. The Morgan fingerprint density at radius 3 is 2.75 bits per heavy atom. The molecule has 0 saturated heterocycles. The number of aryl methyl sites for hydroxylation is 2. The van der Waals surface area contributed by atoms with Gasteiger partial charge in [-0.3, -0.25) is 0 Å². The molecule has 0 spiro atoms. The average Bonchev–Trinajstić information content (AvgIpc) is 2.94. The van der Waals surface area contributed by atoms with Gasteiger partial charge in [0.2, 0.25) is 0 Å². The minimum absolute atomic E-state index is 0.873. The number of nitrogens with one attached hydrogen (secondary N) is 1. The van der Waals surface area contributed by atoms with Gasteiger partial charge in [0.15, 0.2) is 0 Å². The van der Waals surface area contributed by atoms with E-state index in [0.717, 1.165) is 46.8 Å². The van der Waals surface area contributed by atoms with Crippen LogP contribution >= 0.6 is 11.3 Å². The van der Waals surface area contributed by atoms with Crippen molar-refractivity contribution in [2.75, 3.05) is 32.5 Å². The van der Waals surface area contributed by atoms with Crippen molar-refractivity contribution in [1.82, 2.24) is 19.9 Å². The first-order valence-corrected chi connectivity index (χ1v) is 9.41. The van der Waals surface area contributed by atoms with Gasteiger partial charge in [0.05, 0.1) is 10.2 Å². The molecule has 0 saturated carbocycles. The van der Waals surface area contributed by atoms with Crippen LogP contribution in [0.15, 0.2) is 6.33 Å². The Morgan fingerprint density at radius 1 is 1.17 bits per heavy atom. The van der Waals surface area contributed by atoms with E-state index in [4.69, 9.17) is 4.98 Å². The smallest absolute Gasteiger partial charge is 0.147 e. The van der Waals surface area contributed by atoms with Crippen molar-refractivity contribution in [3.8, 4) is 0 Å². The van der Waals surface area contributed by atoms with Gasteiger partial charge in [-0.15, -0.1) is 11.3 Å². The zero-order valence-electron chi connectivity index (χ0n) is 14.5. The number of aromatic nitrogens is 3. The van der Waals surface area contributed by atoms with Gasteiger partial charge in [0, 0.05) is 24.2 Å². The summed E-state index contributed by atoms with van der Waals surface area (Å²) in [6.45, 7) is 4.00. The van der Waals surface area contributed by atoms with Crippen molar-refractivity contribution in [3.05, 3.63) is 23.1 Å². The van der Waals surface area contributed by atoms with Crippen LogP contribution in [0.1, 0.15) is 29.7 Å². The molecule has 0 fully saturated rings. The number of hydrogen-bond donors (Lipinski definition) is 1. The molecule has 0 atom stereocenters. The third kappa shape index (κ3) is 2.63. The SMILES string of the molecule is Cc1nc2sc3c(NCCN(C)C)ncnc3c2c2c1CCCC2. The third-order valence-electron chi connectivity index (χ3n) is 4.78. The molecule has 0 aromatic carbocycles. The van der Waals surface area contributed by atoms with Crippen LogP contribution in [0.3, 0.4) is 0 Å². The van der Waals surface area contributed by atoms with E-state index in [0.29, 0.717) is 0 Å². The maximum atomic E-state index is 4.89. The summed E-state index contributed by atoms with van der Waals surface area (Å²) in [5.74, 6) is 0.937. The fraction of sp³-hybridized carbons (Fsp3) is 0.500. The molecule has 5 nitrogen and oxygen atoms in total. The van der Waals surface area contributed by atoms with E-state index in [1.165, 1.54) is 35.0 Å². The molecule has 0 bridgehead atoms. The highest BCUT2D eigenvalue weighted by molar-refractivity contribution is 7.26. The lowest BCUT2D eigenvalue weighted by atomic mass is 9.89. The minimum Gasteiger partial charge on any atom is -0.367 e. The van der Waals surface area contributed by atoms with Crippen LogP contribution in [-0.2, 0) is 12.8 Å². The van der Waals surface area contributed by atoms with Crippen LogP contribution in [0.2, 0.25) is 0 Å². The van der Waals surface area contributed by atoms with Crippen molar-refractivity contribution < 1.29 is 0 Å². The lowest BCUT2D eigenvalue weighted by Crippen LogP contribution is -2.21. The standard InChI is InChI=1S/C18H23N5S/c1-11-12-6-4-5-7-13(12)14-15-16(24-18(14)22-11)17(21-10-20-15)19-8-9-23(2)3/h10H,4-9H2,1-3H3,(H,19,20,21). The Kier molecular flexibility index (Phi) is 4.10. The van der Waals surface area contributed by atoms with Crippen molar-refractivity contribution >= 4 is 37.6 Å². The molecule has 0 unspecified atom stereocenters. The normalized spacial score (nSPS) is 14.5. The molecule has 3 heterocycles. The predicted molar refractivity (Wildman–Crippen MR) is 101 cm³/mol. The number of likely N-dealkylation sites (N-methyl/N-ethyl adjacent to an activating group) is 1. The van der Waals surface area contributed by atoms with Crippen molar-refractivity contribution in [3.63, 3.8) is 0 Å². The molecular formula is C18H23N5S. The number of thiophene rings is 1. The summed E-state index contributed by atoms with van der Waals surface area (Å²) >= 11 is 1.72. The van der Waals surface area contributed by atoms with E-state index < -0.39 is 0 Å². The van der Waals surface area contributed by atoms with Crippen LogP contribution in [0.5, 0.6) is 0 Å². The van der Waals surface area contributed by atoms with Crippen molar-refractivity contribution in [2.24, 2.45) is 0 Å². The largest absolute Gasteiger partial charge is 0.367 e. The van der Waals surface area contributed by atoms with Gasteiger partial charge < -0.3 is 10.2 Å². The van der Waals surface area contributed by atoms with Gasteiger partial charge in [-0.2, -0.15) is 0 Å². The fourth-order valence-corrected chi connectivity index (χ4v) is 4.74. The zero-order valence-corrected chi connectivity index (χ0v) is 15.3. The summed E-state index contributed by atoms with van der Waals surface area (Å²) in [6, 6.07) is 0. The van der Waals surface area contributed by atoms with E-state index in [9.17, 15) is 0 Å². The summed E-state index contributed by atoms with van der Waals surface area (Å²) in [4.78, 5) is 17.3. The third-order valence-corrected chi connectivity index (χ3v) is 5.86. The first-order chi connectivity index (χ1) is 11.6. The Morgan fingerprint density at radius 2 is 1.96 bits per heavy atom. The number of hydrogen-bond acceptors (Lipinski definition) is 6. The summed E-state index contributed by atoms with van der Waals surface area (Å²) in [5.41, 5.74) is 5.20. The Labute approximate surface area is 146 Å². The molecule has 24 heavy (non-hydrogen) atoms. The van der Waals surface area contributed by atoms with Crippen LogP contribution in [0, 0.1) is 6.92 Å². The molecule has 4 rings (SSSR count). The van der Waals surface area contributed by atoms with Gasteiger partial charge in [0.1, 0.15) is 17.0 Å². The summed E-state index contributed by atoms with van der Waals surface area (Å²) in [6.07, 6.45) is 6.52. The second-order valence-electron chi connectivity index (χ2n) is 6.77. The molecule has 0 radical (unpaired) electrons. The molecule has 3 aromatic rings. The highest BCUT2D eigenvalue weighted by Gasteiger charge is 2.21. The summed E-state index contributed by atoms with van der Waals surface area (Å²) in [7, 11) is 4.16. The summed E-state index contributed by atoms with van der Waals surface area (Å²) < 4.78 is 1.14. The van der Waals surface area contributed by atoms with E-state index in [2.05, 4.69) is 41.2 Å². The number of anilines is 1. The molecule has 1 aliphatic carbocycles. The molecule has 1 N–H and O–H groups in total. The molecular weight excluding hydrogens is 318 g/mol. The molecule has 6 heteroatoms. The number of rotatable bonds is 4. The highest BCUT2D eigenvalue weighted by Crippen LogP contribution is 2.40. The van der Waals surface area contributed by atoms with Crippen molar-refractivity contribution in [2.45, 2.75) is 32.6 Å². The monoisotopic (exact) mass is 341 g/mol. The van der Waals surface area contributed by atoms with E-state index in [1.807, 2.05) is 0 Å². The Balaban J connectivity index is 1.86. The number of nitrogens with zero attached hydrogens (tertiary/aromatic N) is 4. The molecule has 3 aromatic heterocycles. The van der Waals surface area contributed by atoms with Crippen LogP contribution in [0.4, 0.5) is 5.82 Å². The maximum Gasteiger partial charge on any atom is 0.147 e. The Bertz CT molecular complexity index is 899. The summed E-state index contributed by atoms with van der Waals surface area (Å²) in [5, 5.41) is 4.74. The first kappa shape index (κ1) is 15.7. The average molecular weight is 341 g/mol. The first-order valence-electron chi connectivity index (χ1n) is 8.59. The predicted octanol–water partition coefficient (Wildman–Crippen LogP) is 3.40. The fourth-order valence-electron chi connectivity index (χ4n) is 3.57. The highest BCUT2D eigenvalue weighted by atomic mass is 32.1. The van der Waals surface area contributed by atoms with E-state index >= 15 is 0 Å². The number of fused-ring (bicyclic) bond motifs is 5. The van der Waals surface area contributed by atoms with Gasteiger partial charge in [0.25, 0.3) is 0 Å². The van der Waals surface area contributed by atoms with E-state index in [-0.39, 0.29) is 0 Å². The second-order valence-corrected chi connectivity index (χ2v) is 7.77. The number of pyridine rings is 1. The van der Waals surface area contributed by atoms with Crippen LogP contribution in [0.25, 0.3) is 20.4 Å². The van der Waals surface area contributed by atoms with E-state index in [1.54, 1.807) is 17.7 Å². The van der Waals surface area contributed by atoms with Gasteiger partial charge >= 0.3 is 0 Å². The van der Waals surface area contributed by atoms with Gasteiger partial charge in [-0.1, -0.05) is 0 Å². The zero-order chi connectivity index (χ0) is 16.7. The minimum atomic E-state index is 0.873. The maximum absolute atomic E-state index is 4.89. The van der Waals surface area contributed by atoms with Crippen molar-refractivity contribution in [1.29, 1.82) is 0 Å². The molecule has 0 aliphatic heterocycles. The quantitative estimate of drug-likeness (QED) is 0.788. The second kappa shape index (κ2) is 6.26. The topological polar surface area (TPSA) is 53.9 Å². The van der Waals surface area contributed by atoms with Crippen LogP contribution < -0.4 is 5.32 Å². The van der Waals surface area contributed by atoms with Gasteiger partial charge in [-0.05, 0) is 57.8 Å². The molecule has 1 aliphatic rings.